The predicted molar refractivity (Wildman–Crippen MR) is 66.5 cm³/mol. The van der Waals surface area contributed by atoms with E-state index in [0.29, 0.717) is 0 Å². The number of imidazole rings is 1. The Morgan fingerprint density at radius 1 is 1.50 bits per heavy atom. The van der Waals surface area contributed by atoms with E-state index in [-0.39, 0.29) is 5.54 Å². The smallest absolute Gasteiger partial charge is 0.0952 e. The maximum absolute atomic E-state index is 4.58. The predicted octanol–water partition coefficient (Wildman–Crippen LogP) is 2.45. The van der Waals surface area contributed by atoms with Crippen LogP contribution in [0.4, 0.5) is 0 Å². The first-order valence-electron chi connectivity index (χ1n) is 6.50. The zero-order valence-electron chi connectivity index (χ0n) is 10.7. The highest BCUT2D eigenvalue weighted by molar-refractivity contribution is 5.25. The molecule has 1 aromatic heterocycles. The maximum atomic E-state index is 4.58. The number of aryl methyl sites for hydroxylation is 1. The first-order chi connectivity index (χ1) is 7.71. The highest BCUT2D eigenvalue weighted by Crippen LogP contribution is 2.30. The Kier molecular flexibility index (Phi) is 3.33. The summed E-state index contributed by atoms with van der Waals surface area (Å²) in [6, 6.07) is 0. The Labute approximate surface area is 98.3 Å². The second kappa shape index (κ2) is 4.58. The number of hydrogen-bond donors (Lipinski definition) is 1. The van der Waals surface area contributed by atoms with Crippen LogP contribution < -0.4 is 5.32 Å². The molecule has 1 aliphatic rings. The number of unbranched alkanes of at least 4 members (excludes halogenated alkanes) is 1. The van der Waals surface area contributed by atoms with Crippen molar-refractivity contribution in [2.45, 2.75) is 58.5 Å². The molecule has 0 aliphatic carbocycles. The molecular weight excluding hydrogens is 198 g/mol. The van der Waals surface area contributed by atoms with Crippen LogP contribution >= 0.6 is 0 Å². The van der Waals surface area contributed by atoms with Gasteiger partial charge in [0, 0.05) is 19.5 Å². The summed E-state index contributed by atoms with van der Waals surface area (Å²) in [7, 11) is 0. The summed E-state index contributed by atoms with van der Waals surface area (Å²) in [6.45, 7) is 8.95. The zero-order chi connectivity index (χ0) is 11.6. The molecule has 3 heteroatoms. The molecule has 1 N–H and O–H groups in total. The van der Waals surface area contributed by atoms with Crippen LogP contribution in [0.25, 0.3) is 0 Å². The summed E-state index contributed by atoms with van der Waals surface area (Å²) in [6.07, 6.45) is 6.70. The van der Waals surface area contributed by atoms with E-state index >= 15 is 0 Å². The minimum Gasteiger partial charge on any atom is -0.333 e. The Balaban J connectivity index is 2.32. The molecule has 90 valence electrons. The van der Waals surface area contributed by atoms with E-state index in [2.05, 4.69) is 35.6 Å². The van der Waals surface area contributed by atoms with Crippen molar-refractivity contribution in [3.63, 3.8) is 0 Å². The van der Waals surface area contributed by atoms with Gasteiger partial charge in [0.2, 0.25) is 0 Å². The average Bonchev–Trinajstić information content (AvgIpc) is 2.71. The van der Waals surface area contributed by atoms with E-state index in [1.165, 1.54) is 24.2 Å². The average molecular weight is 221 g/mol. The molecule has 0 spiro atoms. The van der Waals surface area contributed by atoms with Crippen molar-refractivity contribution in [1.82, 2.24) is 14.9 Å². The van der Waals surface area contributed by atoms with Gasteiger partial charge in [0.15, 0.2) is 0 Å². The lowest BCUT2D eigenvalue weighted by molar-refractivity contribution is 0.311. The summed E-state index contributed by atoms with van der Waals surface area (Å²) in [5.41, 5.74) is 2.85. The van der Waals surface area contributed by atoms with Gasteiger partial charge in [-0.15, -0.1) is 0 Å². The Bertz CT molecular complexity index is 356. The van der Waals surface area contributed by atoms with Gasteiger partial charge in [-0.05, 0) is 19.8 Å². The SMILES string of the molecule is CCCCn1cnc2c1C(C)(CC)NCC2. The number of rotatable bonds is 4. The number of nitrogens with zero attached hydrogens (tertiary/aromatic N) is 2. The van der Waals surface area contributed by atoms with Crippen molar-refractivity contribution in [2.24, 2.45) is 0 Å². The lowest BCUT2D eigenvalue weighted by atomic mass is 9.88. The zero-order valence-corrected chi connectivity index (χ0v) is 10.7. The van der Waals surface area contributed by atoms with E-state index < -0.39 is 0 Å². The Hall–Kier alpha value is -0.830. The molecule has 0 radical (unpaired) electrons. The van der Waals surface area contributed by atoms with Gasteiger partial charge in [-0.2, -0.15) is 0 Å². The lowest BCUT2D eigenvalue weighted by Gasteiger charge is -2.35. The third kappa shape index (κ3) is 1.88. The van der Waals surface area contributed by atoms with Crippen molar-refractivity contribution < 1.29 is 0 Å². The molecule has 0 fully saturated rings. The molecule has 2 rings (SSSR count). The quantitative estimate of drug-likeness (QED) is 0.846. The van der Waals surface area contributed by atoms with Crippen LogP contribution in [0.3, 0.4) is 0 Å². The van der Waals surface area contributed by atoms with Gasteiger partial charge in [0.25, 0.3) is 0 Å². The van der Waals surface area contributed by atoms with Crippen LogP contribution in [0.5, 0.6) is 0 Å². The number of fused-ring (bicyclic) bond motifs is 1. The molecule has 0 saturated carbocycles. The van der Waals surface area contributed by atoms with Gasteiger partial charge >= 0.3 is 0 Å². The Morgan fingerprint density at radius 3 is 3.00 bits per heavy atom. The van der Waals surface area contributed by atoms with Crippen LogP contribution in [0.1, 0.15) is 51.4 Å². The summed E-state index contributed by atoms with van der Waals surface area (Å²) in [5.74, 6) is 0. The molecule has 1 unspecified atom stereocenters. The summed E-state index contributed by atoms with van der Waals surface area (Å²) in [5, 5.41) is 3.64. The fourth-order valence-corrected chi connectivity index (χ4v) is 2.57. The van der Waals surface area contributed by atoms with Crippen molar-refractivity contribution in [3.8, 4) is 0 Å². The molecule has 0 saturated heterocycles. The number of aromatic nitrogens is 2. The summed E-state index contributed by atoms with van der Waals surface area (Å²) >= 11 is 0. The minimum atomic E-state index is 0.123. The van der Waals surface area contributed by atoms with E-state index in [1.54, 1.807) is 0 Å². The normalized spacial score (nSPS) is 24.4. The van der Waals surface area contributed by atoms with E-state index in [9.17, 15) is 0 Å². The first-order valence-corrected chi connectivity index (χ1v) is 6.50. The fraction of sp³-hybridized carbons (Fsp3) is 0.769. The van der Waals surface area contributed by atoms with Gasteiger partial charge in [-0.1, -0.05) is 20.3 Å². The van der Waals surface area contributed by atoms with Crippen LogP contribution in [0.15, 0.2) is 6.33 Å². The standard InChI is InChI=1S/C13H23N3/c1-4-6-9-16-10-14-11-7-8-15-13(3,5-2)12(11)16/h10,15H,4-9H2,1-3H3. The summed E-state index contributed by atoms with van der Waals surface area (Å²) in [4.78, 5) is 4.58. The van der Waals surface area contributed by atoms with Crippen LogP contribution in [-0.4, -0.2) is 16.1 Å². The Morgan fingerprint density at radius 2 is 2.31 bits per heavy atom. The van der Waals surface area contributed by atoms with E-state index in [0.717, 1.165) is 25.9 Å². The molecule has 0 bridgehead atoms. The molecule has 1 aliphatic heterocycles. The highest BCUT2D eigenvalue weighted by atomic mass is 15.1. The monoisotopic (exact) mass is 221 g/mol. The molecule has 1 atom stereocenters. The van der Waals surface area contributed by atoms with Crippen LogP contribution in [0, 0.1) is 0 Å². The largest absolute Gasteiger partial charge is 0.333 e. The summed E-state index contributed by atoms with van der Waals surface area (Å²) < 4.78 is 2.36. The number of hydrogen-bond acceptors (Lipinski definition) is 2. The van der Waals surface area contributed by atoms with E-state index in [4.69, 9.17) is 0 Å². The van der Waals surface area contributed by atoms with Crippen molar-refractivity contribution >= 4 is 0 Å². The highest BCUT2D eigenvalue weighted by Gasteiger charge is 2.33. The molecule has 1 aromatic rings. The second-order valence-corrected chi connectivity index (χ2v) is 4.95. The van der Waals surface area contributed by atoms with Gasteiger partial charge < -0.3 is 9.88 Å². The van der Waals surface area contributed by atoms with Crippen molar-refractivity contribution in [3.05, 3.63) is 17.7 Å². The molecule has 0 amide bonds. The van der Waals surface area contributed by atoms with Crippen molar-refractivity contribution in [2.75, 3.05) is 6.54 Å². The van der Waals surface area contributed by atoms with Crippen LogP contribution in [0.2, 0.25) is 0 Å². The van der Waals surface area contributed by atoms with Gasteiger partial charge in [0.05, 0.1) is 23.3 Å². The van der Waals surface area contributed by atoms with Gasteiger partial charge in [0.1, 0.15) is 0 Å². The fourth-order valence-electron chi connectivity index (χ4n) is 2.57. The minimum absolute atomic E-state index is 0.123. The van der Waals surface area contributed by atoms with E-state index in [1.807, 2.05) is 6.33 Å². The third-order valence-corrected chi connectivity index (χ3v) is 3.77. The second-order valence-electron chi connectivity index (χ2n) is 4.95. The third-order valence-electron chi connectivity index (χ3n) is 3.77. The van der Waals surface area contributed by atoms with Gasteiger partial charge in [-0.3, -0.25) is 0 Å². The number of nitrogens with one attached hydrogen (secondary N) is 1. The van der Waals surface area contributed by atoms with Crippen LogP contribution in [-0.2, 0) is 18.5 Å². The lowest BCUT2D eigenvalue weighted by Crippen LogP contribution is -2.45. The molecule has 16 heavy (non-hydrogen) atoms. The topological polar surface area (TPSA) is 29.9 Å². The van der Waals surface area contributed by atoms with Crippen molar-refractivity contribution in [1.29, 1.82) is 0 Å². The molecule has 2 heterocycles. The molecule has 0 aromatic carbocycles. The molecule has 3 nitrogen and oxygen atoms in total. The molecular formula is C13H23N3. The first kappa shape index (κ1) is 11.6. The maximum Gasteiger partial charge on any atom is 0.0952 e. The van der Waals surface area contributed by atoms with Gasteiger partial charge in [-0.25, -0.2) is 4.98 Å².